The monoisotopic (exact) mass is 487 g/mol. The molecule has 3 N–H and O–H groups in total. The highest BCUT2D eigenvalue weighted by Crippen LogP contribution is 2.37. The largest absolute Gasteiger partial charge is 0.433 e. The van der Waals surface area contributed by atoms with Crippen molar-refractivity contribution >= 4 is 10.9 Å². The first kappa shape index (κ1) is 24.8. The number of alkyl halides is 3. The molecule has 0 spiro atoms. The third-order valence-electron chi connectivity index (χ3n) is 6.03. The zero-order chi connectivity index (χ0) is 25.3. The van der Waals surface area contributed by atoms with Crippen LogP contribution in [0.25, 0.3) is 22.2 Å². The Balaban J connectivity index is 1.82. The van der Waals surface area contributed by atoms with Gasteiger partial charge in [-0.1, -0.05) is 25.1 Å². The molecule has 0 aliphatic rings. The summed E-state index contributed by atoms with van der Waals surface area (Å²) in [6.07, 6.45) is -2.86. The van der Waals surface area contributed by atoms with Crippen LogP contribution in [0.2, 0.25) is 0 Å². The number of hydrogen-bond donors (Lipinski definition) is 3. The number of aryl methyl sites for hydroxylation is 1. The normalized spacial score (nSPS) is 14.9. The molecule has 8 nitrogen and oxygen atoms in total. The zero-order valence-corrected chi connectivity index (χ0v) is 19.9. The molecule has 3 atom stereocenters. The van der Waals surface area contributed by atoms with Gasteiger partial charge in [-0.25, -0.2) is 4.98 Å². The van der Waals surface area contributed by atoms with Crippen LogP contribution in [0.15, 0.2) is 36.7 Å². The maximum atomic E-state index is 13.8. The molecule has 3 heterocycles. The molecule has 0 saturated heterocycles. The zero-order valence-electron chi connectivity index (χ0n) is 19.9. The maximum absolute atomic E-state index is 13.8. The van der Waals surface area contributed by atoms with Gasteiger partial charge in [-0.05, 0) is 38.0 Å². The predicted molar refractivity (Wildman–Crippen MR) is 126 cm³/mol. The van der Waals surface area contributed by atoms with Gasteiger partial charge in [0.1, 0.15) is 23.5 Å². The Morgan fingerprint density at radius 3 is 2.60 bits per heavy atom. The van der Waals surface area contributed by atoms with Gasteiger partial charge >= 0.3 is 6.18 Å². The molecule has 0 unspecified atom stereocenters. The summed E-state index contributed by atoms with van der Waals surface area (Å²) in [7, 11) is 1.88. The minimum Gasteiger partial charge on any atom is -0.392 e. The Hall–Kier alpha value is -3.31. The number of nitrogens with zero attached hydrogens (tertiary/aromatic N) is 5. The Bertz CT molecular complexity index is 1310. The Kier molecular flexibility index (Phi) is 6.91. The van der Waals surface area contributed by atoms with E-state index in [0.717, 1.165) is 23.9 Å². The fourth-order valence-electron chi connectivity index (χ4n) is 4.24. The topological polar surface area (TPSA) is 105 Å². The standard InChI is InChI=1S/C24H28F3N7O/c1-5-17(23-33-29-12-34(23)4)15-7-6-8-16(9-15)21-18-10-19(24(25,26)27)30-20(22(18)32-31-21)14(3)28-11-13(2)35/h6-10,12-14,17,28,35H,5,11H2,1-4H3,(H,31,32)/t13-,14-,17-/m0/s1. The fourth-order valence-corrected chi connectivity index (χ4v) is 4.24. The van der Waals surface area contributed by atoms with E-state index in [2.05, 4.69) is 30.7 Å². The van der Waals surface area contributed by atoms with Crippen LogP contribution < -0.4 is 5.32 Å². The second-order valence-electron chi connectivity index (χ2n) is 8.75. The smallest absolute Gasteiger partial charge is 0.392 e. The summed E-state index contributed by atoms with van der Waals surface area (Å²) in [5, 5.41) is 28.4. The summed E-state index contributed by atoms with van der Waals surface area (Å²) < 4.78 is 43.1. The van der Waals surface area contributed by atoms with Gasteiger partial charge in [0, 0.05) is 36.5 Å². The van der Waals surface area contributed by atoms with Crippen molar-refractivity contribution in [3.8, 4) is 11.3 Å². The number of aliphatic hydroxyl groups excluding tert-OH is 1. The average molecular weight is 488 g/mol. The molecule has 186 valence electrons. The highest BCUT2D eigenvalue weighted by atomic mass is 19.4. The Morgan fingerprint density at radius 2 is 1.97 bits per heavy atom. The lowest BCUT2D eigenvalue weighted by atomic mass is 9.93. The van der Waals surface area contributed by atoms with Crippen LogP contribution in [0, 0.1) is 0 Å². The fraction of sp³-hybridized carbons (Fsp3) is 0.417. The van der Waals surface area contributed by atoms with E-state index in [-0.39, 0.29) is 18.2 Å². The van der Waals surface area contributed by atoms with Crippen LogP contribution in [-0.2, 0) is 13.2 Å². The first-order valence-corrected chi connectivity index (χ1v) is 11.4. The first-order chi connectivity index (χ1) is 16.6. The summed E-state index contributed by atoms with van der Waals surface area (Å²) in [4.78, 5) is 3.90. The van der Waals surface area contributed by atoms with Crippen LogP contribution in [0.5, 0.6) is 0 Å². The van der Waals surface area contributed by atoms with Gasteiger partial charge in [0.2, 0.25) is 0 Å². The number of benzene rings is 1. The van der Waals surface area contributed by atoms with Crippen molar-refractivity contribution in [1.82, 2.24) is 35.3 Å². The van der Waals surface area contributed by atoms with Crippen LogP contribution in [0.1, 0.15) is 61.9 Å². The highest BCUT2D eigenvalue weighted by Gasteiger charge is 2.35. The third kappa shape index (κ3) is 5.06. The van der Waals surface area contributed by atoms with Crippen molar-refractivity contribution < 1.29 is 18.3 Å². The van der Waals surface area contributed by atoms with E-state index in [1.807, 2.05) is 42.8 Å². The molecule has 0 amide bonds. The number of halogens is 3. The summed E-state index contributed by atoms with van der Waals surface area (Å²) in [5.74, 6) is 0.778. The lowest BCUT2D eigenvalue weighted by molar-refractivity contribution is -0.141. The lowest BCUT2D eigenvalue weighted by Gasteiger charge is -2.17. The summed E-state index contributed by atoms with van der Waals surface area (Å²) in [6, 6.07) is 8.08. The minimum atomic E-state index is -4.62. The molecule has 0 aliphatic heterocycles. The second kappa shape index (κ2) is 9.74. The quantitative estimate of drug-likeness (QED) is 0.341. The number of nitrogens with one attached hydrogen (secondary N) is 2. The summed E-state index contributed by atoms with van der Waals surface area (Å²) in [6.45, 7) is 5.56. The van der Waals surface area contributed by atoms with E-state index < -0.39 is 24.0 Å². The maximum Gasteiger partial charge on any atom is 0.433 e. The van der Waals surface area contributed by atoms with Gasteiger partial charge in [0.15, 0.2) is 0 Å². The van der Waals surface area contributed by atoms with Crippen molar-refractivity contribution in [3.63, 3.8) is 0 Å². The van der Waals surface area contributed by atoms with E-state index in [4.69, 9.17) is 0 Å². The van der Waals surface area contributed by atoms with E-state index in [0.29, 0.717) is 22.2 Å². The van der Waals surface area contributed by atoms with Crippen molar-refractivity contribution in [2.75, 3.05) is 6.54 Å². The molecule has 3 aromatic heterocycles. The molecule has 11 heteroatoms. The molecule has 1 aromatic carbocycles. The average Bonchev–Trinajstić information content (AvgIpc) is 3.43. The summed E-state index contributed by atoms with van der Waals surface area (Å²) in [5.41, 5.74) is 1.68. The van der Waals surface area contributed by atoms with E-state index >= 15 is 0 Å². The molecule has 4 aromatic rings. The van der Waals surface area contributed by atoms with Gasteiger partial charge in [0.05, 0.1) is 17.3 Å². The van der Waals surface area contributed by atoms with E-state index in [1.54, 1.807) is 20.2 Å². The van der Waals surface area contributed by atoms with Gasteiger partial charge in [0.25, 0.3) is 0 Å². The molecular weight excluding hydrogens is 459 g/mol. The number of H-pyrrole nitrogens is 1. The van der Waals surface area contributed by atoms with Crippen molar-refractivity contribution in [3.05, 3.63) is 59.4 Å². The molecular formula is C24H28F3N7O. The minimum absolute atomic E-state index is 0.0275. The molecule has 0 radical (unpaired) electrons. The van der Waals surface area contributed by atoms with Gasteiger partial charge in [-0.2, -0.15) is 18.3 Å². The molecule has 4 rings (SSSR count). The van der Waals surface area contributed by atoms with Gasteiger partial charge in [-0.15, -0.1) is 10.2 Å². The SMILES string of the molecule is CC[C@@H](c1cccc(-c2n[nH]c3c([C@H](C)NC[C@H](C)O)nc(C(F)(F)F)cc23)c1)c1nncn1C. The highest BCUT2D eigenvalue weighted by molar-refractivity contribution is 5.94. The number of hydrogen-bond acceptors (Lipinski definition) is 6. The van der Waals surface area contributed by atoms with Crippen LogP contribution in [0.3, 0.4) is 0 Å². The van der Waals surface area contributed by atoms with Crippen LogP contribution in [0.4, 0.5) is 13.2 Å². The number of pyridine rings is 1. The number of rotatable bonds is 8. The lowest BCUT2D eigenvalue weighted by Crippen LogP contribution is -2.28. The van der Waals surface area contributed by atoms with Crippen molar-refractivity contribution in [2.45, 2.75) is 51.4 Å². The van der Waals surface area contributed by atoms with E-state index in [9.17, 15) is 18.3 Å². The predicted octanol–water partition coefficient (Wildman–Crippen LogP) is 4.35. The number of aromatic amines is 1. The molecule has 0 aliphatic carbocycles. The number of aromatic nitrogens is 6. The van der Waals surface area contributed by atoms with Crippen molar-refractivity contribution in [2.24, 2.45) is 7.05 Å². The van der Waals surface area contributed by atoms with E-state index in [1.165, 1.54) is 0 Å². The summed E-state index contributed by atoms with van der Waals surface area (Å²) >= 11 is 0. The van der Waals surface area contributed by atoms with Gasteiger partial charge < -0.3 is 15.0 Å². The molecule has 0 fully saturated rings. The molecule has 35 heavy (non-hydrogen) atoms. The third-order valence-corrected chi connectivity index (χ3v) is 6.03. The van der Waals surface area contributed by atoms with Crippen LogP contribution >= 0.6 is 0 Å². The van der Waals surface area contributed by atoms with Crippen LogP contribution in [-0.4, -0.2) is 47.7 Å². The first-order valence-electron chi connectivity index (χ1n) is 11.4. The molecule has 0 bridgehead atoms. The number of fused-ring (bicyclic) bond motifs is 1. The van der Waals surface area contributed by atoms with Crippen molar-refractivity contribution in [1.29, 1.82) is 0 Å². The Morgan fingerprint density at radius 1 is 1.20 bits per heavy atom. The second-order valence-corrected chi connectivity index (χ2v) is 8.75. The molecule has 0 saturated carbocycles. The van der Waals surface area contributed by atoms with Gasteiger partial charge in [-0.3, -0.25) is 5.10 Å². The Labute approximate surface area is 200 Å². The number of aliphatic hydroxyl groups is 1.